The first-order valence-corrected chi connectivity index (χ1v) is 7.31. The summed E-state index contributed by atoms with van der Waals surface area (Å²) in [5.41, 5.74) is -0.0841. The van der Waals surface area contributed by atoms with Gasteiger partial charge in [0.1, 0.15) is 0 Å². The Bertz CT molecular complexity index is 585. The standard InChI is InChI=1S/C11H14N2O6S/c14-7-9-6-13(3-4-19-9)20(17,18)10-2-1-8(5-12-10)11(15)16/h1-2,5,9,14H,3-4,6-7H2,(H,15,16). The van der Waals surface area contributed by atoms with Crippen molar-refractivity contribution in [2.75, 3.05) is 26.3 Å². The molecule has 1 aromatic heterocycles. The number of pyridine rings is 1. The summed E-state index contributed by atoms with van der Waals surface area (Å²) >= 11 is 0. The van der Waals surface area contributed by atoms with Crippen LogP contribution in [0.2, 0.25) is 0 Å². The molecule has 2 rings (SSSR count). The molecule has 9 heteroatoms. The highest BCUT2D eigenvalue weighted by atomic mass is 32.2. The number of ether oxygens (including phenoxy) is 1. The Kier molecular flexibility index (Phi) is 4.33. The highest BCUT2D eigenvalue weighted by Gasteiger charge is 2.31. The summed E-state index contributed by atoms with van der Waals surface area (Å²) < 4.78 is 31.0. The first-order chi connectivity index (χ1) is 9.45. The summed E-state index contributed by atoms with van der Waals surface area (Å²) in [6, 6.07) is 2.34. The largest absolute Gasteiger partial charge is 0.478 e. The van der Waals surface area contributed by atoms with Crippen LogP contribution in [-0.4, -0.2) is 66.3 Å². The monoisotopic (exact) mass is 302 g/mol. The van der Waals surface area contributed by atoms with Gasteiger partial charge in [-0.2, -0.15) is 4.31 Å². The molecule has 0 amide bonds. The molecule has 0 aliphatic carbocycles. The van der Waals surface area contributed by atoms with Gasteiger partial charge < -0.3 is 14.9 Å². The van der Waals surface area contributed by atoms with Gasteiger partial charge >= 0.3 is 5.97 Å². The van der Waals surface area contributed by atoms with Gasteiger partial charge in [-0.25, -0.2) is 18.2 Å². The highest BCUT2D eigenvalue weighted by Crippen LogP contribution is 2.17. The van der Waals surface area contributed by atoms with Crippen LogP contribution in [0.25, 0.3) is 0 Å². The third kappa shape index (κ3) is 2.96. The van der Waals surface area contributed by atoms with E-state index >= 15 is 0 Å². The maximum atomic E-state index is 12.3. The fraction of sp³-hybridized carbons (Fsp3) is 0.455. The van der Waals surface area contributed by atoms with E-state index in [4.69, 9.17) is 14.9 Å². The molecule has 0 radical (unpaired) electrons. The summed E-state index contributed by atoms with van der Waals surface area (Å²) in [5.74, 6) is -1.17. The van der Waals surface area contributed by atoms with Crippen LogP contribution in [-0.2, 0) is 14.8 Å². The fourth-order valence-corrected chi connectivity index (χ4v) is 3.18. The first kappa shape index (κ1) is 14.9. The predicted octanol–water partition coefficient (Wildman–Crippen LogP) is -0.838. The van der Waals surface area contributed by atoms with E-state index < -0.39 is 22.1 Å². The van der Waals surface area contributed by atoms with Gasteiger partial charge in [0.15, 0.2) is 5.03 Å². The third-order valence-electron chi connectivity index (χ3n) is 2.89. The molecule has 1 aliphatic heterocycles. The van der Waals surface area contributed by atoms with E-state index in [0.29, 0.717) is 0 Å². The molecule has 1 fully saturated rings. The van der Waals surface area contributed by atoms with Crippen LogP contribution in [0.3, 0.4) is 0 Å². The van der Waals surface area contributed by atoms with Gasteiger partial charge in [0, 0.05) is 19.3 Å². The van der Waals surface area contributed by atoms with Crippen molar-refractivity contribution >= 4 is 16.0 Å². The molecule has 1 saturated heterocycles. The molecule has 1 atom stereocenters. The minimum atomic E-state index is -3.81. The van der Waals surface area contributed by atoms with Crippen molar-refractivity contribution in [1.82, 2.24) is 9.29 Å². The zero-order valence-corrected chi connectivity index (χ0v) is 11.3. The van der Waals surface area contributed by atoms with Crippen LogP contribution >= 0.6 is 0 Å². The van der Waals surface area contributed by atoms with Crippen molar-refractivity contribution in [2.24, 2.45) is 0 Å². The second-order valence-corrected chi connectivity index (χ2v) is 6.11. The molecule has 0 bridgehead atoms. The summed E-state index contributed by atoms with van der Waals surface area (Å²) in [7, 11) is -3.81. The second kappa shape index (κ2) is 5.83. The third-order valence-corrected chi connectivity index (χ3v) is 4.67. The van der Waals surface area contributed by atoms with E-state index in [-0.39, 0.29) is 36.9 Å². The molecule has 0 saturated carbocycles. The van der Waals surface area contributed by atoms with Gasteiger partial charge in [0.25, 0.3) is 10.0 Å². The number of hydrogen-bond donors (Lipinski definition) is 2. The number of morpholine rings is 1. The molecule has 2 N–H and O–H groups in total. The lowest BCUT2D eigenvalue weighted by Gasteiger charge is -2.30. The molecule has 0 aromatic carbocycles. The summed E-state index contributed by atoms with van der Waals surface area (Å²) in [5, 5.41) is 17.5. The second-order valence-electron chi connectivity index (χ2n) is 4.23. The summed E-state index contributed by atoms with van der Waals surface area (Å²) in [4.78, 5) is 14.4. The Balaban J connectivity index is 2.23. The van der Waals surface area contributed by atoms with Crippen LogP contribution in [0.5, 0.6) is 0 Å². The molecule has 8 nitrogen and oxygen atoms in total. The zero-order valence-electron chi connectivity index (χ0n) is 10.5. The number of rotatable bonds is 4. The number of carboxylic acid groups (broad SMARTS) is 1. The molecule has 1 aromatic rings. The smallest absolute Gasteiger partial charge is 0.337 e. The number of aliphatic hydroxyl groups is 1. The van der Waals surface area contributed by atoms with E-state index in [1.807, 2.05) is 0 Å². The predicted molar refractivity (Wildman–Crippen MR) is 66.8 cm³/mol. The summed E-state index contributed by atoms with van der Waals surface area (Å²) in [6.07, 6.45) is 0.441. The highest BCUT2D eigenvalue weighted by molar-refractivity contribution is 7.89. The molecule has 110 valence electrons. The van der Waals surface area contributed by atoms with Crippen molar-refractivity contribution in [3.63, 3.8) is 0 Å². The topological polar surface area (TPSA) is 117 Å². The van der Waals surface area contributed by atoms with Crippen molar-refractivity contribution in [2.45, 2.75) is 11.1 Å². The van der Waals surface area contributed by atoms with Gasteiger partial charge in [-0.3, -0.25) is 0 Å². The molecule has 2 heterocycles. The normalized spacial score (nSPS) is 20.8. The van der Waals surface area contributed by atoms with Crippen LogP contribution < -0.4 is 0 Å². The van der Waals surface area contributed by atoms with Crippen LogP contribution in [0.15, 0.2) is 23.4 Å². The maximum absolute atomic E-state index is 12.3. The Morgan fingerprint density at radius 3 is 2.80 bits per heavy atom. The van der Waals surface area contributed by atoms with Crippen LogP contribution in [0, 0.1) is 0 Å². The van der Waals surface area contributed by atoms with E-state index in [0.717, 1.165) is 12.3 Å². The number of hydrogen-bond acceptors (Lipinski definition) is 6. The molecule has 1 aliphatic rings. The molecule has 20 heavy (non-hydrogen) atoms. The lowest BCUT2D eigenvalue weighted by molar-refractivity contribution is -0.0305. The average molecular weight is 302 g/mol. The molecular formula is C11H14N2O6S. The Morgan fingerprint density at radius 1 is 1.50 bits per heavy atom. The number of aliphatic hydroxyl groups excluding tert-OH is 1. The van der Waals surface area contributed by atoms with Gasteiger partial charge in [-0.1, -0.05) is 0 Å². The van der Waals surface area contributed by atoms with Crippen molar-refractivity contribution in [3.05, 3.63) is 23.9 Å². The number of aromatic carboxylic acids is 1. The van der Waals surface area contributed by atoms with Crippen LogP contribution in [0.1, 0.15) is 10.4 Å². The number of carboxylic acids is 1. The quantitative estimate of drug-likeness (QED) is 0.744. The summed E-state index contributed by atoms with van der Waals surface area (Å²) in [6.45, 7) is 0.136. The van der Waals surface area contributed by atoms with Crippen molar-refractivity contribution in [1.29, 1.82) is 0 Å². The SMILES string of the molecule is O=C(O)c1ccc(S(=O)(=O)N2CCOC(CO)C2)nc1. The zero-order chi connectivity index (χ0) is 14.8. The van der Waals surface area contributed by atoms with Crippen molar-refractivity contribution < 1.29 is 28.2 Å². The minimum Gasteiger partial charge on any atom is -0.478 e. The molecule has 1 unspecified atom stereocenters. The van der Waals surface area contributed by atoms with Gasteiger partial charge in [-0.15, -0.1) is 0 Å². The van der Waals surface area contributed by atoms with E-state index in [2.05, 4.69) is 4.98 Å². The minimum absolute atomic E-state index is 0.0429. The lowest BCUT2D eigenvalue weighted by atomic mass is 10.3. The fourth-order valence-electron chi connectivity index (χ4n) is 1.81. The lowest BCUT2D eigenvalue weighted by Crippen LogP contribution is -2.46. The Morgan fingerprint density at radius 2 is 2.25 bits per heavy atom. The number of carbonyl (C=O) groups is 1. The molecule has 0 spiro atoms. The van der Waals surface area contributed by atoms with Gasteiger partial charge in [0.2, 0.25) is 0 Å². The Labute approximate surface area is 115 Å². The average Bonchev–Trinajstić information content (AvgIpc) is 2.47. The van der Waals surface area contributed by atoms with Gasteiger partial charge in [0.05, 0.1) is 24.9 Å². The van der Waals surface area contributed by atoms with E-state index in [1.165, 1.54) is 10.4 Å². The van der Waals surface area contributed by atoms with Crippen LogP contribution in [0.4, 0.5) is 0 Å². The molecular weight excluding hydrogens is 288 g/mol. The number of nitrogens with zero attached hydrogens (tertiary/aromatic N) is 2. The Hall–Kier alpha value is -1.55. The maximum Gasteiger partial charge on any atom is 0.337 e. The number of aromatic nitrogens is 1. The number of sulfonamides is 1. The van der Waals surface area contributed by atoms with E-state index in [9.17, 15) is 13.2 Å². The van der Waals surface area contributed by atoms with Crippen molar-refractivity contribution in [3.8, 4) is 0 Å². The van der Waals surface area contributed by atoms with Gasteiger partial charge in [-0.05, 0) is 12.1 Å². The van der Waals surface area contributed by atoms with E-state index in [1.54, 1.807) is 0 Å². The first-order valence-electron chi connectivity index (χ1n) is 5.87.